The Balaban J connectivity index is 2.44. The molecule has 0 atom stereocenters. The van der Waals surface area contributed by atoms with Crippen LogP contribution in [0.2, 0.25) is 0 Å². The lowest BCUT2D eigenvalue weighted by Gasteiger charge is -2.17. The van der Waals surface area contributed by atoms with E-state index in [-0.39, 0.29) is 29.1 Å². The fourth-order valence-electron chi connectivity index (χ4n) is 2.67. The summed E-state index contributed by atoms with van der Waals surface area (Å²) in [6, 6.07) is 1.57. The van der Waals surface area contributed by atoms with E-state index in [1.54, 1.807) is 0 Å². The van der Waals surface area contributed by atoms with Gasteiger partial charge in [0.05, 0.1) is 16.7 Å². The van der Waals surface area contributed by atoms with E-state index < -0.39 is 32.0 Å². The Kier molecular flexibility index (Phi) is 3.78. The molecule has 0 saturated heterocycles. The van der Waals surface area contributed by atoms with E-state index in [1.165, 1.54) is 0 Å². The van der Waals surface area contributed by atoms with Crippen LogP contribution in [0.15, 0.2) is 27.7 Å². The molecule has 24 heavy (non-hydrogen) atoms. The van der Waals surface area contributed by atoms with Crippen LogP contribution in [0.1, 0.15) is 40.4 Å². The highest BCUT2D eigenvalue weighted by Crippen LogP contribution is 2.48. The average Bonchev–Trinajstić information content (AvgIpc) is 3.21. The molecule has 1 aromatic carbocycles. The monoisotopic (exact) mass is 359 g/mol. The number of aromatic nitrogens is 1. The van der Waals surface area contributed by atoms with Crippen molar-refractivity contribution in [2.24, 2.45) is 0 Å². The molecule has 1 aliphatic rings. The predicted molar refractivity (Wildman–Crippen MR) is 77.4 cm³/mol. The van der Waals surface area contributed by atoms with Crippen LogP contribution in [-0.2, 0) is 16.0 Å². The average molecular weight is 359 g/mol. The highest BCUT2D eigenvalue weighted by atomic mass is 32.2. The number of halogens is 3. The van der Waals surface area contributed by atoms with Gasteiger partial charge in [0.15, 0.2) is 16.1 Å². The molecule has 2 aromatic rings. The summed E-state index contributed by atoms with van der Waals surface area (Å²) in [4.78, 5) is 10.5. The maximum atomic E-state index is 13.5. The van der Waals surface area contributed by atoms with Gasteiger partial charge in [0, 0.05) is 28.9 Å². The molecule has 1 aliphatic carbocycles. The van der Waals surface area contributed by atoms with E-state index in [2.05, 4.69) is 5.16 Å². The standard InChI is InChI=1S/C15H12F3NO4S/c1-24(21,22)14-9(7-20)4-5-11(15(16,17)18)12(14)10-6-19-23-13(10)8-2-3-8/h4-8H,2-3H2,1H3. The van der Waals surface area contributed by atoms with E-state index in [0.717, 1.165) is 31.4 Å². The van der Waals surface area contributed by atoms with Crippen molar-refractivity contribution in [3.05, 3.63) is 35.2 Å². The molecular formula is C15H12F3NO4S. The zero-order chi connectivity index (χ0) is 17.7. The molecule has 9 heteroatoms. The summed E-state index contributed by atoms with van der Waals surface area (Å²) in [6.07, 6.45) is -1.28. The third kappa shape index (κ3) is 2.83. The molecule has 128 valence electrons. The second-order valence-electron chi connectivity index (χ2n) is 5.67. The largest absolute Gasteiger partial charge is 0.417 e. The summed E-state index contributed by atoms with van der Waals surface area (Å²) in [5.41, 5.74) is -2.08. The van der Waals surface area contributed by atoms with Gasteiger partial charge < -0.3 is 4.52 Å². The molecule has 0 amide bonds. The number of aldehydes is 1. The Morgan fingerprint density at radius 2 is 1.96 bits per heavy atom. The van der Waals surface area contributed by atoms with Gasteiger partial charge in [0.1, 0.15) is 5.76 Å². The number of carbonyl (C=O) groups is 1. The summed E-state index contributed by atoms with van der Waals surface area (Å²) in [5, 5.41) is 3.54. The lowest BCUT2D eigenvalue weighted by molar-refractivity contribution is -0.137. The molecule has 1 aromatic heterocycles. The highest BCUT2D eigenvalue weighted by molar-refractivity contribution is 7.91. The fraction of sp³-hybridized carbons (Fsp3) is 0.333. The van der Waals surface area contributed by atoms with Crippen LogP contribution >= 0.6 is 0 Å². The van der Waals surface area contributed by atoms with Crippen molar-refractivity contribution in [3.8, 4) is 11.1 Å². The molecule has 0 radical (unpaired) electrons. The smallest absolute Gasteiger partial charge is 0.360 e. The Morgan fingerprint density at radius 3 is 2.46 bits per heavy atom. The number of hydrogen-bond acceptors (Lipinski definition) is 5. The SMILES string of the molecule is CS(=O)(=O)c1c(C=O)ccc(C(F)(F)F)c1-c1cnoc1C1CC1. The third-order valence-electron chi connectivity index (χ3n) is 3.81. The van der Waals surface area contributed by atoms with Crippen molar-refractivity contribution in [1.29, 1.82) is 0 Å². The summed E-state index contributed by atoms with van der Waals surface area (Å²) < 4.78 is 69.7. The van der Waals surface area contributed by atoms with Crippen LogP contribution in [0.4, 0.5) is 13.2 Å². The number of carbonyl (C=O) groups excluding carboxylic acids is 1. The topological polar surface area (TPSA) is 77.2 Å². The number of nitrogens with zero attached hydrogens (tertiary/aromatic N) is 1. The first kappa shape index (κ1) is 16.7. The molecule has 0 N–H and O–H groups in total. The normalized spacial score (nSPS) is 15.5. The fourth-order valence-corrected chi connectivity index (χ4v) is 3.81. The maximum absolute atomic E-state index is 13.5. The van der Waals surface area contributed by atoms with Gasteiger partial charge in [-0.15, -0.1) is 0 Å². The summed E-state index contributed by atoms with van der Waals surface area (Å²) in [6.45, 7) is 0. The first-order valence-electron chi connectivity index (χ1n) is 6.99. The summed E-state index contributed by atoms with van der Waals surface area (Å²) in [5.74, 6) is 0.129. The van der Waals surface area contributed by atoms with Gasteiger partial charge in [-0.2, -0.15) is 13.2 Å². The van der Waals surface area contributed by atoms with Crippen LogP contribution in [0.25, 0.3) is 11.1 Å². The molecular weight excluding hydrogens is 347 g/mol. The van der Waals surface area contributed by atoms with E-state index in [0.29, 0.717) is 6.07 Å². The van der Waals surface area contributed by atoms with Crippen LogP contribution in [0, 0.1) is 0 Å². The van der Waals surface area contributed by atoms with Gasteiger partial charge in [-0.1, -0.05) is 5.16 Å². The van der Waals surface area contributed by atoms with Crippen molar-refractivity contribution < 1.29 is 30.9 Å². The number of alkyl halides is 3. The second-order valence-corrected chi connectivity index (χ2v) is 7.62. The van der Waals surface area contributed by atoms with Gasteiger partial charge in [0.25, 0.3) is 0 Å². The van der Waals surface area contributed by atoms with E-state index in [9.17, 15) is 26.4 Å². The Morgan fingerprint density at radius 1 is 1.29 bits per heavy atom. The van der Waals surface area contributed by atoms with E-state index in [4.69, 9.17) is 4.52 Å². The van der Waals surface area contributed by atoms with Crippen molar-refractivity contribution in [2.45, 2.75) is 29.8 Å². The predicted octanol–water partition coefficient (Wildman–Crippen LogP) is 3.45. The first-order chi connectivity index (χ1) is 11.1. The molecule has 1 heterocycles. The first-order valence-corrected chi connectivity index (χ1v) is 8.88. The van der Waals surface area contributed by atoms with Gasteiger partial charge in [-0.3, -0.25) is 4.79 Å². The minimum absolute atomic E-state index is 0.0334. The van der Waals surface area contributed by atoms with Crippen molar-refractivity contribution >= 4 is 16.1 Å². The van der Waals surface area contributed by atoms with Gasteiger partial charge in [-0.05, 0) is 25.0 Å². The maximum Gasteiger partial charge on any atom is 0.417 e. The van der Waals surface area contributed by atoms with Gasteiger partial charge >= 0.3 is 6.18 Å². The van der Waals surface area contributed by atoms with Crippen LogP contribution in [0.3, 0.4) is 0 Å². The highest BCUT2D eigenvalue weighted by Gasteiger charge is 2.40. The zero-order valence-corrected chi connectivity index (χ0v) is 13.2. The van der Waals surface area contributed by atoms with Crippen LogP contribution in [-0.4, -0.2) is 26.1 Å². The lowest BCUT2D eigenvalue weighted by Crippen LogP contribution is -2.13. The van der Waals surface area contributed by atoms with E-state index in [1.807, 2.05) is 0 Å². The Labute approximate surface area is 135 Å². The van der Waals surface area contributed by atoms with E-state index >= 15 is 0 Å². The molecule has 0 aliphatic heterocycles. The number of rotatable bonds is 4. The quantitative estimate of drug-likeness (QED) is 0.782. The molecule has 1 fully saturated rings. The summed E-state index contributed by atoms with van der Waals surface area (Å²) in [7, 11) is -4.11. The zero-order valence-electron chi connectivity index (χ0n) is 12.4. The molecule has 3 rings (SSSR count). The lowest BCUT2D eigenvalue weighted by atomic mass is 9.96. The molecule has 5 nitrogen and oxygen atoms in total. The van der Waals surface area contributed by atoms with Gasteiger partial charge in [0.2, 0.25) is 0 Å². The van der Waals surface area contributed by atoms with Crippen LogP contribution < -0.4 is 0 Å². The third-order valence-corrected chi connectivity index (χ3v) is 4.99. The van der Waals surface area contributed by atoms with Crippen LogP contribution in [0.5, 0.6) is 0 Å². The van der Waals surface area contributed by atoms with Crippen molar-refractivity contribution in [1.82, 2.24) is 5.16 Å². The summed E-state index contributed by atoms with van der Waals surface area (Å²) >= 11 is 0. The number of sulfone groups is 1. The van der Waals surface area contributed by atoms with Gasteiger partial charge in [-0.25, -0.2) is 8.42 Å². The molecule has 1 saturated carbocycles. The Bertz CT molecular complexity index is 911. The molecule has 0 spiro atoms. The molecule has 0 bridgehead atoms. The minimum atomic E-state index is -4.80. The van der Waals surface area contributed by atoms with Crippen molar-refractivity contribution in [3.63, 3.8) is 0 Å². The van der Waals surface area contributed by atoms with Crippen molar-refractivity contribution in [2.75, 3.05) is 6.26 Å². The minimum Gasteiger partial charge on any atom is -0.360 e. The number of benzene rings is 1. The second kappa shape index (κ2) is 5.44. The number of hydrogen-bond donors (Lipinski definition) is 0. The molecule has 0 unspecified atom stereocenters. The Hall–Kier alpha value is -2.16.